The van der Waals surface area contributed by atoms with Gasteiger partial charge in [0.2, 0.25) is 5.91 Å². The average molecular weight is 355 g/mol. The predicted molar refractivity (Wildman–Crippen MR) is 89.2 cm³/mol. The molecule has 0 bridgehead atoms. The van der Waals surface area contributed by atoms with Gasteiger partial charge in [-0.15, -0.1) is 0 Å². The van der Waals surface area contributed by atoms with Crippen LogP contribution in [0.5, 0.6) is 0 Å². The number of hydrogen-bond acceptors (Lipinski definition) is 5. The number of carbonyl (C=O) groups is 1. The van der Waals surface area contributed by atoms with Crippen LogP contribution in [0.15, 0.2) is 40.4 Å². The first kappa shape index (κ1) is 17.7. The lowest BCUT2D eigenvalue weighted by Gasteiger charge is -2.10. The molecule has 1 heterocycles. The average Bonchev–Trinajstić information content (AvgIpc) is 2.46. The Kier molecular flexibility index (Phi) is 6.35. The van der Waals surface area contributed by atoms with Crippen molar-refractivity contribution >= 4 is 35.1 Å². The van der Waals surface area contributed by atoms with Gasteiger partial charge in [-0.05, 0) is 32.0 Å². The number of halogens is 2. The van der Waals surface area contributed by atoms with Crippen molar-refractivity contribution in [3.8, 4) is 0 Å². The molecule has 0 unspecified atom stereocenters. The monoisotopic (exact) mass is 355 g/mol. The number of aryl methyl sites for hydroxylation is 2. The first-order valence-corrected chi connectivity index (χ1v) is 8.59. The Balaban J connectivity index is 1.97. The number of anilines is 1. The molecule has 8 heteroatoms. The summed E-state index contributed by atoms with van der Waals surface area (Å²) in [5, 5.41) is 3.17. The molecule has 4 nitrogen and oxygen atoms in total. The van der Waals surface area contributed by atoms with Gasteiger partial charge in [0.15, 0.2) is 5.16 Å². The summed E-state index contributed by atoms with van der Waals surface area (Å²) in [7, 11) is 0. The van der Waals surface area contributed by atoms with E-state index in [0.717, 1.165) is 11.4 Å². The van der Waals surface area contributed by atoms with E-state index in [1.54, 1.807) is 24.3 Å². The summed E-state index contributed by atoms with van der Waals surface area (Å²) in [5.41, 5.74) is 2.04. The Labute approximate surface area is 141 Å². The lowest BCUT2D eigenvalue weighted by Crippen LogP contribution is -2.15. The molecule has 122 valence electrons. The van der Waals surface area contributed by atoms with Gasteiger partial charge in [0.05, 0.1) is 11.4 Å². The number of para-hydroxylation sites is 1. The van der Waals surface area contributed by atoms with Gasteiger partial charge in [0, 0.05) is 16.3 Å². The van der Waals surface area contributed by atoms with Gasteiger partial charge in [0.1, 0.15) is 0 Å². The molecular formula is C15H15F2N3OS2. The van der Waals surface area contributed by atoms with Gasteiger partial charge in [-0.2, -0.15) is 8.78 Å². The summed E-state index contributed by atoms with van der Waals surface area (Å²) in [6.45, 7) is 3.72. The molecule has 1 amide bonds. The van der Waals surface area contributed by atoms with Gasteiger partial charge in [0.25, 0.3) is 5.76 Å². The second-order valence-electron chi connectivity index (χ2n) is 4.64. The summed E-state index contributed by atoms with van der Waals surface area (Å²) < 4.78 is 25.0. The topological polar surface area (TPSA) is 54.9 Å². The van der Waals surface area contributed by atoms with E-state index < -0.39 is 5.76 Å². The van der Waals surface area contributed by atoms with Gasteiger partial charge in [-0.3, -0.25) is 4.79 Å². The van der Waals surface area contributed by atoms with Gasteiger partial charge >= 0.3 is 0 Å². The van der Waals surface area contributed by atoms with Crippen molar-refractivity contribution < 1.29 is 13.6 Å². The number of aromatic nitrogens is 2. The molecule has 2 aromatic rings. The summed E-state index contributed by atoms with van der Waals surface area (Å²) in [4.78, 5) is 20.8. The van der Waals surface area contributed by atoms with Crippen LogP contribution in [0.25, 0.3) is 0 Å². The van der Waals surface area contributed by atoms with Crippen molar-refractivity contribution in [2.45, 2.75) is 29.7 Å². The molecule has 0 atom stereocenters. The Morgan fingerprint density at radius 1 is 1.22 bits per heavy atom. The van der Waals surface area contributed by atoms with Crippen LogP contribution in [-0.2, 0) is 4.79 Å². The maximum absolute atomic E-state index is 12.5. The highest BCUT2D eigenvalue weighted by molar-refractivity contribution is 8.00. The molecule has 1 aromatic carbocycles. The van der Waals surface area contributed by atoms with E-state index in [2.05, 4.69) is 15.3 Å². The first-order valence-electron chi connectivity index (χ1n) is 6.73. The minimum Gasteiger partial charge on any atom is -0.324 e. The van der Waals surface area contributed by atoms with E-state index in [-0.39, 0.29) is 11.7 Å². The number of carbonyl (C=O) groups excluding carboxylic acids is 1. The molecule has 0 fully saturated rings. The number of hydrogen-bond donors (Lipinski definition) is 1. The highest BCUT2D eigenvalue weighted by atomic mass is 32.2. The third kappa shape index (κ3) is 5.80. The molecule has 0 spiro atoms. The standard InChI is InChI=1S/C15H15F2N3OS2/c1-9-7-10(2)19-15(18-9)22-8-13(21)20-11-5-3-4-6-12(11)23-14(16)17/h3-7,14H,8H2,1-2H3,(H,20,21). The Morgan fingerprint density at radius 2 is 1.87 bits per heavy atom. The minimum atomic E-state index is -2.54. The first-order chi connectivity index (χ1) is 10.9. The van der Waals surface area contributed by atoms with Crippen LogP contribution in [0.3, 0.4) is 0 Å². The third-order valence-electron chi connectivity index (χ3n) is 2.67. The smallest absolute Gasteiger partial charge is 0.288 e. The van der Waals surface area contributed by atoms with Gasteiger partial charge in [-0.25, -0.2) is 9.97 Å². The SMILES string of the molecule is Cc1cc(C)nc(SCC(=O)Nc2ccccc2SC(F)F)n1. The van der Waals surface area contributed by atoms with Gasteiger partial charge in [-0.1, -0.05) is 35.7 Å². The Bertz CT molecular complexity index is 678. The van der Waals surface area contributed by atoms with Crippen molar-refractivity contribution in [3.63, 3.8) is 0 Å². The Morgan fingerprint density at radius 3 is 2.52 bits per heavy atom. The van der Waals surface area contributed by atoms with Crippen molar-refractivity contribution in [3.05, 3.63) is 41.7 Å². The summed E-state index contributed by atoms with van der Waals surface area (Å²) in [6.07, 6.45) is 0. The largest absolute Gasteiger partial charge is 0.324 e. The maximum Gasteiger partial charge on any atom is 0.288 e. The lowest BCUT2D eigenvalue weighted by atomic mass is 10.3. The van der Waals surface area contributed by atoms with E-state index >= 15 is 0 Å². The zero-order valence-corrected chi connectivity index (χ0v) is 14.2. The third-order valence-corrected chi connectivity index (χ3v) is 4.31. The van der Waals surface area contributed by atoms with E-state index in [0.29, 0.717) is 27.5 Å². The molecule has 1 aromatic heterocycles. The number of amides is 1. The summed E-state index contributed by atoms with van der Waals surface area (Å²) >= 11 is 1.61. The number of nitrogens with zero attached hydrogens (tertiary/aromatic N) is 2. The van der Waals surface area contributed by atoms with E-state index in [4.69, 9.17) is 0 Å². The normalized spacial score (nSPS) is 10.8. The van der Waals surface area contributed by atoms with Crippen LogP contribution in [0.2, 0.25) is 0 Å². The number of rotatable bonds is 6. The minimum absolute atomic E-state index is 0.108. The fourth-order valence-corrected chi connectivity index (χ4v) is 3.19. The second-order valence-corrected chi connectivity index (χ2v) is 6.62. The fourth-order valence-electron chi connectivity index (χ4n) is 1.84. The van der Waals surface area contributed by atoms with Crippen molar-refractivity contribution in [2.24, 2.45) is 0 Å². The molecule has 2 rings (SSSR count). The molecule has 23 heavy (non-hydrogen) atoms. The van der Waals surface area contributed by atoms with E-state index in [1.165, 1.54) is 11.8 Å². The van der Waals surface area contributed by atoms with Crippen LogP contribution in [0.1, 0.15) is 11.4 Å². The van der Waals surface area contributed by atoms with Crippen LogP contribution < -0.4 is 5.32 Å². The molecule has 0 radical (unpaired) electrons. The maximum atomic E-state index is 12.5. The van der Waals surface area contributed by atoms with E-state index in [1.807, 2.05) is 19.9 Å². The van der Waals surface area contributed by atoms with Crippen molar-refractivity contribution in [1.29, 1.82) is 0 Å². The van der Waals surface area contributed by atoms with Crippen molar-refractivity contribution in [1.82, 2.24) is 9.97 Å². The van der Waals surface area contributed by atoms with E-state index in [9.17, 15) is 13.6 Å². The number of thioether (sulfide) groups is 2. The summed E-state index contributed by atoms with van der Waals surface area (Å²) in [5.74, 6) is -2.72. The summed E-state index contributed by atoms with van der Waals surface area (Å²) in [6, 6.07) is 8.33. The van der Waals surface area contributed by atoms with Gasteiger partial charge < -0.3 is 5.32 Å². The zero-order chi connectivity index (χ0) is 16.8. The zero-order valence-electron chi connectivity index (χ0n) is 12.5. The highest BCUT2D eigenvalue weighted by Crippen LogP contribution is 2.31. The Hall–Kier alpha value is -1.67. The number of benzene rings is 1. The molecule has 0 saturated carbocycles. The van der Waals surface area contributed by atoms with Crippen molar-refractivity contribution in [2.75, 3.05) is 11.1 Å². The lowest BCUT2D eigenvalue weighted by molar-refractivity contribution is -0.113. The predicted octanol–water partition coefficient (Wildman–Crippen LogP) is 4.14. The fraction of sp³-hybridized carbons (Fsp3) is 0.267. The molecule has 0 aliphatic rings. The van der Waals surface area contributed by atoms with Crippen LogP contribution in [0, 0.1) is 13.8 Å². The molecule has 0 aliphatic heterocycles. The quantitative estimate of drug-likeness (QED) is 0.623. The highest BCUT2D eigenvalue weighted by Gasteiger charge is 2.12. The number of alkyl halides is 2. The van der Waals surface area contributed by atoms with Crippen LogP contribution >= 0.6 is 23.5 Å². The molecule has 0 aliphatic carbocycles. The molecule has 0 saturated heterocycles. The number of nitrogens with one attached hydrogen (secondary N) is 1. The van der Waals surface area contributed by atoms with Crippen LogP contribution in [-0.4, -0.2) is 27.4 Å². The van der Waals surface area contributed by atoms with Crippen LogP contribution in [0.4, 0.5) is 14.5 Å². The molecule has 1 N–H and O–H groups in total. The molecular weight excluding hydrogens is 340 g/mol. The second kappa shape index (κ2) is 8.26.